The molecule has 1 N–H and O–H groups in total. The zero-order valence-electron chi connectivity index (χ0n) is 17.0. The Bertz CT molecular complexity index is 807. The molecule has 0 aliphatic carbocycles. The first-order valence-electron chi connectivity index (χ1n) is 9.38. The van der Waals surface area contributed by atoms with E-state index in [0.717, 1.165) is 11.1 Å². The highest BCUT2D eigenvalue weighted by Crippen LogP contribution is 2.29. The topological polar surface area (TPSA) is 56.8 Å². The van der Waals surface area contributed by atoms with E-state index in [1.54, 1.807) is 19.2 Å². The fraction of sp³-hybridized carbons (Fsp3) is 0.409. The van der Waals surface area contributed by atoms with Gasteiger partial charge in [-0.2, -0.15) is 0 Å². The summed E-state index contributed by atoms with van der Waals surface area (Å²) in [6.45, 7) is 8.10. The molecule has 5 nitrogen and oxygen atoms in total. The van der Waals surface area contributed by atoms with Crippen LogP contribution in [-0.2, 0) is 11.3 Å². The number of rotatable bonds is 9. The van der Waals surface area contributed by atoms with Gasteiger partial charge >= 0.3 is 0 Å². The fourth-order valence-electron chi connectivity index (χ4n) is 2.65. The van der Waals surface area contributed by atoms with Crippen molar-refractivity contribution in [2.45, 2.75) is 52.9 Å². The van der Waals surface area contributed by atoms with Crippen molar-refractivity contribution in [1.82, 2.24) is 5.32 Å². The summed E-state index contributed by atoms with van der Waals surface area (Å²) in [5.74, 6) is 1.78. The predicted octanol–water partition coefficient (Wildman–Crippen LogP) is 4.92. The predicted molar refractivity (Wildman–Crippen MR) is 112 cm³/mol. The molecule has 2 rings (SSSR count). The zero-order chi connectivity index (χ0) is 20.7. The van der Waals surface area contributed by atoms with Crippen LogP contribution in [0.15, 0.2) is 36.4 Å². The van der Waals surface area contributed by atoms with Crippen molar-refractivity contribution in [1.29, 1.82) is 0 Å². The third-order valence-electron chi connectivity index (χ3n) is 4.13. The second kappa shape index (κ2) is 10.2. The van der Waals surface area contributed by atoms with E-state index in [2.05, 4.69) is 5.32 Å². The number of methoxy groups -OCH3 is 1. The molecule has 0 aromatic heterocycles. The summed E-state index contributed by atoms with van der Waals surface area (Å²) < 4.78 is 16.9. The van der Waals surface area contributed by atoms with Crippen LogP contribution < -0.4 is 19.5 Å². The minimum Gasteiger partial charge on any atom is -0.493 e. The van der Waals surface area contributed by atoms with E-state index in [4.69, 9.17) is 25.8 Å². The molecule has 0 saturated heterocycles. The molecule has 6 heteroatoms. The Morgan fingerprint density at radius 1 is 1.11 bits per heavy atom. The zero-order valence-corrected chi connectivity index (χ0v) is 17.8. The Labute approximate surface area is 171 Å². The standard InChI is InChI=1S/C22H28ClNO4/c1-6-19(28-17-8-9-18(23)15(4)11-17)22(25)24-13-16-7-10-20(27-14(2)3)21(12-16)26-5/h7-12,14,19H,6,13H2,1-5H3,(H,24,25)/t19-/m1/s1. The van der Waals surface area contributed by atoms with Crippen molar-refractivity contribution in [2.24, 2.45) is 0 Å². The van der Waals surface area contributed by atoms with Crippen LogP contribution in [0, 0.1) is 6.92 Å². The van der Waals surface area contributed by atoms with E-state index >= 15 is 0 Å². The Kier molecular flexibility index (Phi) is 8.00. The van der Waals surface area contributed by atoms with Crippen LogP contribution >= 0.6 is 11.6 Å². The number of hydrogen-bond donors (Lipinski definition) is 1. The van der Waals surface area contributed by atoms with E-state index in [0.29, 0.717) is 35.2 Å². The van der Waals surface area contributed by atoms with Crippen molar-refractivity contribution in [3.8, 4) is 17.2 Å². The maximum absolute atomic E-state index is 12.6. The summed E-state index contributed by atoms with van der Waals surface area (Å²) in [7, 11) is 1.60. The second-order valence-corrected chi connectivity index (χ2v) is 7.20. The Morgan fingerprint density at radius 3 is 2.46 bits per heavy atom. The molecule has 0 heterocycles. The molecule has 28 heavy (non-hydrogen) atoms. The van der Waals surface area contributed by atoms with Crippen LogP contribution in [-0.4, -0.2) is 25.2 Å². The normalized spacial score (nSPS) is 11.8. The molecular formula is C22H28ClNO4. The number of amides is 1. The summed E-state index contributed by atoms with van der Waals surface area (Å²) >= 11 is 6.04. The smallest absolute Gasteiger partial charge is 0.261 e. The number of benzene rings is 2. The molecule has 0 bridgehead atoms. The third kappa shape index (κ3) is 6.06. The van der Waals surface area contributed by atoms with Crippen LogP contribution in [0.5, 0.6) is 17.2 Å². The summed E-state index contributed by atoms with van der Waals surface area (Å²) in [6.07, 6.45) is 0.0299. The van der Waals surface area contributed by atoms with Crippen LogP contribution in [0.2, 0.25) is 5.02 Å². The van der Waals surface area contributed by atoms with Crippen LogP contribution in [0.3, 0.4) is 0 Å². The van der Waals surface area contributed by atoms with Gasteiger partial charge in [0.15, 0.2) is 17.6 Å². The second-order valence-electron chi connectivity index (χ2n) is 6.80. The molecule has 1 amide bonds. The van der Waals surface area contributed by atoms with Gasteiger partial charge in [0, 0.05) is 11.6 Å². The molecule has 152 valence electrons. The first-order valence-corrected chi connectivity index (χ1v) is 9.76. The highest BCUT2D eigenvalue weighted by Gasteiger charge is 2.18. The van der Waals surface area contributed by atoms with Gasteiger partial charge in [-0.05, 0) is 68.7 Å². The monoisotopic (exact) mass is 405 g/mol. The number of ether oxygens (including phenoxy) is 3. The van der Waals surface area contributed by atoms with E-state index in [1.807, 2.05) is 52.0 Å². The molecule has 0 saturated carbocycles. The number of carbonyl (C=O) groups is 1. The largest absolute Gasteiger partial charge is 0.493 e. The van der Waals surface area contributed by atoms with E-state index in [-0.39, 0.29) is 12.0 Å². The van der Waals surface area contributed by atoms with E-state index in [1.165, 1.54) is 0 Å². The van der Waals surface area contributed by atoms with Gasteiger partial charge in [-0.1, -0.05) is 24.6 Å². The molecule has 2 aromatic carbocycles. The average molecular weight is 406 g/mol. The van der Waals surface area contributed by atoms with Gasteiger partial charge in [0.25, 0.3) is 5.91 Å². The number of carbonyl (C=O) groups excluding carboxylic acids is 1. The van der Waals surface area contributed by atoms with E-state index in [9.17, 15) is 4.79 Å². The SMILES string of the molecule is CC[C@@H](Oc1ccc(Cl)c(C)c1)C(=O)NCc1ccc(OC(C)C)c(OC)c1. The highest BCUT2D eigenvalue weighted by molar-refractivity contribution is 6.31. The molecule has 0 aliphatic rings. The highest BCUT2D eigenvalue weighted by atomic mass is 35.5. The van der Waals surface area contributed by atoms with Crippen molar-refractivity contribution in [2.75, 3.05) is 7.11 Å². The molecule has 0 aliphatic heterocycles. The van der Waals surface area contributed by atoms with Crippen LogP contribution in [0.4, 0.5) is 0 Å². The van der Waals surface area contributed by atoms with Crippen molar-refractivity contribution < 1.29 is 19.0 Å². The molecule has 1 atom stereocenters. The molecular weight excluding hydrogens is 378 g/mol. The minimum atomic E-state index is -0.578. The van der Waals surface area contributed by atoms with Crippen molar-refractivity contribution in [3.63, 3.8) is 0 Å². The van der Waals surface area contributed by atoms with Gasteiger partial charge in [0.1, 0.15) is 5.75 Å². The first-order chi connectivity index (χ1) is 13.3. The summed E-state index contributed by atoms with van der Waals surface area (Å²) in [5.41, 5.74) is 1.82. The van der Waals surface area contributed by atoms with Gasteiger partial charge in [0.05, 0.1) is 13.2 Å². The third-order valence-corrected chi connectivity index (χ3v) is 4.55. The van der Waals surface area contributed by atoms with Crippen LogP contribution in [0.25, 0.3) is 0 Å². The van der Waals surface area contributed by atoms with Crippen molar-refractivity contribution in [3.05, 3.63) is 52.5 Å². The van der Waals surface area contributed by atoms with Gasteiger partial charge < -0.3 is 19.5 Å². The quantitative estimate of drug-likeness (QED) is 0.643. The lowest BCUT2D eigenvalue weighted by Crippen LogP contribution is -2.37. The summed E-state index contributed by atoms with van der Waals surface area (Å²) in [4.78, 5) is 12.6. The maximum Gasteiger partial charge on any atom is 0.261 e. The van der Waals surface area contributed by atoms with Crippen LogP contribution in [0.1, 0.15) is 38.3 Å². The number of nitrogens with one attached hydrogen (secondary N) is 1. The lowest BCUT2D eigenvalue weighted by Gasteiger charge is -2.18. The van der Waals surface area contributed by atoms with Crippen molar-refractivity contribution >= 4 is 17.5 Å². The van der Waals surface area contributed by atoms with Gasteiger partial charge in [-0.15, -0.1) is 0 Å². The first kappa shape index (κ1) is 21.9. The molecule has 0 unspecified atom stereocenters. The lowest BCUT2D eigenvalue weighted by molar-refractivity contribution is -0.128. The molecule has 2 aromatic rings. The van der Waals surface area contributed by atoms with E-state index < -0.39 is 6.10 Å². The van der Waals surface area contributed by atoms with Gasteiger partial charge in [0.2, 0.25) is 0 Å². The van der Waals surface area contributed by atoms with Gasteiger partial charge in [-0.3, -0.25) is 4.79 Å². The Balaban J connectivity index is 2.00. The number of halogens is 1. The minimum absolute atomic E-state index is 0.0541. The Hall–Kier alpha value is -2.40. The summed E-state index contributed by atoms with van der Waals surface area (Å²) in [6, 6.07) is 11.0. The van der Waals surface area contributed by atoms with Gasteiger partial charge in [-0.25, -0.2) is 0 Å². The number of hydrogen-bond acceptors (Lipinski definition) is 4. The maximum atomic E-state index is 12.6. The average Bonchev–Trinajstić information content (AvgIpc) is 2.67. The molecule has 0 radical (unpaired) electrons. The molecule has 0 spiro atoms. The molecule has 0 fully saturated rings. The fourth-order valence-corrected chi connectivity index (χ4v) is 2.77. The lowest BCUT2D eigenvalue weighted by atomic mass is 10.2. The Morgan fingerprint density at radius 2 is 1.86 bits per heavy atom. The number of aryl methyl sites for hydroxylation is 1. The summed E-state index contributed by atoms with van der Waals surface area (Å²) in [5, 5.41) is 3.59.